The first-order chi connectivity index (χ1) is 17.9. The lowest BCUT2D eigenvalue weighted by molar-refractivity contribution is -0.145. The van der Waals surface area contributed by atoms with Crippen molar-refractivity contribution in [2.75, 3.05) is 4.90 Å². The van der Waals surface area contributed by atoms with Crippen LogP contribution in [0.3, 0.4) is 0 Å². The molecule has 4 aliphatic carbocycles. The number of halogens is 2. The van der Waals surface area contributed by atoms with Crippen LogP contribution < -0.4 is 4.90 Å². The van der Waals surface area contributed by atoms with Crippen LogP contribution in [-0.2, 0) is 4.79 Å². The van der Waals surface area contributed by atoms with Crippen LogP contribution in [0.1, 0.15) is 55.6 Å². The zero-order chi connectivity index (χ0) is 25.5. The standard InChI is InChI=1S/C31H27ClFN3O/c32-23-4-7-25-22(12-23)3-8-26-31(16-34,17-35)27(21-1-5-24(33)6-2-21)28(36(25)26)29(37)30-13-18-9-19(14-30)11-20(10-18)15-30/h1-8,12,18-20,26-28H,9-11,13-15H2/t18?,19?,20?,26-,27+,28+,30?/m0/s1. The van der Waals surface area contributed by atoms with Crippen molar-refractivity contribution in [1.82, 2.24) is 0 Å². The van der Waals surface area contributed by atoms with Gasteiger partial charge in [0.1, 0.15) is 5.82 Å². The highest BCUT2D eigenvalue weighted by Crippen LogP contribution is 2.63. The average molecular weight is 512 g/mol. The number of benzene rings is 2. The van der Waals surface area contributed by atoms with Gasteiger partial charge in [-0.25, -0.2) is 4.39 Å². The van der Waals surface area contributed by atoms with Crippen LogP contribution >= 0.6 is 11.6 Å². The molecule has 2 aromatic carbocycles. The largest absolute Gasteiger partial charge is 0.351 e. The maximum atomic E-state index is 15.0. The zero-order valence-corrected chi connectivity index (χ0v) is 21.2. The van der Waals surface area contributed by atoms with Gasteiger partial charge in [0.2, 0.25) is 0 Å². The monoisotopic (exact) mass is 511 g/mol. The number of Topliss-reactive ketones (excluding diaryl/α,β-unsaturated/α-hetero) is 1. The van der Waals surface area contributed by atoms with Crippen LogP contribution in [0.25, 0.3) is 6.08 Å². The summed E-state index contributed by atoms with van der Waals surface area (Å²) in [5.74, 6) is 0.819. The summed E-state index contributed by atoms with van der Waals surface area (Å²) in [6.07, 6.45) is 10.1. The number of anilines is 1. The first kappa shape index (κ1) is 23.0. The summed E-state index contributed by atoms with van der Waals surface area (Å²) in [5, 5.41) is 21.8. The molecule has 4 saturated carbocycles. The van der Waals surface area contributed by atoms with Crippen LogP contribution in [-0.4, -0.2) is 17.9 Å². The Balaban J connectivity index is 1.44. The van der Waals surface area contributed by atoms with E-state index in [0.29, 0.717) is 28.3 Å². The smallest absolute Gasteiger partial charge is 0.176 e. The number of nitrogens with zero attached hydrogens (tertiary/aromatic N) is 3. The van der Waals surface area contributed by atoms with Crippen molar-refractivity contribution in [3.05, 3.63) is 70.5 Å². The van der Waals surface area contributed by atoms with E-state index in [0.717, 1.165) is 30.5 Å². The molecule has 2 heterocycles. The van der Waals surface area contributed by atoms with Crippen molar-refractivity contribution < 1.29 is 9.18 Å². The van der Waals surface area contributed by atoms with Crippen molar-refractivity contribution in [3.63, 3.8) is 0 Å². The number of ketones is 1. The van der Waals surface area contributed by atoms with E-state index in [-0.39, 0.29) is 11.6 Å². The number of hydrogen-bond donors (Lipinski definition) is 0. The lowest BCUT2D eigenvalue weighted by atomic mass is 9.47. The van der Waals surface area contributed by atoms with E-state index in [9.17, 15) is 14.9 Å². The fraction of sp³-hybridized carbons (Fsp3) is 0.452. The lowest BCUT2D eigenvalue weighted by Gasteiger charge is -2.57. The third-order valence-electron chi connectivity index (χ3n) is 10.0. The van der Waals surface area contributed by atoms with E-state index < -0.39 is 28.8 Å². The van der Waals surface area contributed by atoms with Crippen molar-refractivity contribution in [3.8, 4) is 12.1 Å². The molecule has 0 spiro atoms. The van der Waals surface area contributed by atoms with Gasteiger partial charge in [-0.15, -0.1) is 0 Å². The normalized spacial score (nSPS) is 35.9. The molecule has 0 N–H and O–H groups in total. The molecule has 6 aliphatic rings. The van der Waals surface area contributed by atoms with Crippen molar-refractivity contribution >= 4 is 29.1 Å². The third kappa shape index (κ3) is 3.14. The minimum atomic E-state index is -1.51. The fourth-order valence-corrected chi connectivity index (χ4v) is 9.22. The molecule has 3 atom stereocenters. The molecule has 8 rings (SSSR count). The van der Waals surface area contributed by atoms with Crippen molar-refractivity contribution in [2.45, 2.75) is 56.5 Å². The van der Waals surface area contributed by atoms with Crippen LogP contribution in [0.5, 0.6) is 0 Å². The molecule has 4 bridgehead atoms. The molecule has 6 heteroatoms. The van der Waals surface area contributed by atoms with Gasteiger partial charge in [0.15, 0.2) is 11.2 Å². The summed E-state index contributed by atoms with van der Waals surface area (Å²) in [6, 6.07) is 15.0. The second kappa shape index (κ2) is 7.92. The lowest BCUT2D eigenvalue weighted by Crippen LogP contribution is -2.56. The molecule has 1 saturated heterocycles. The van der Waals surface area contributed by atoms with Gasteiger partial charge in [-0.2, -0.15) is 10.5 Å². The fourth-order valence-electron chi connectivity index (χ4n) is 9.03. The molecule has 5 fully saturated rings. The van der Waals surface area contributed by atoms with Crippen molar-refractivity contribution in [2.24, 2.45) is 28.6 Å². The zero-order valence-electron chi connectivity index (χ0n) is 20.4. The van der Waals surface area contributed by atoms with Gasteiger partial charge in [0, 0.05) is 22.0 Å². The van der Waals surface area contributed by atoms with Gasteiger partial charge in [-0.1, -0.05) is 35.9 Å². The highest BCUT2D eigenvalue weighted by molar-refractivity contribution is 6.30. The maximum Gasteiger partial charge on any atom is 0.176 e. The Morgan fingerprint density at radius 3 is 2.19 bits per heavy atom. The van der Waals surface area contributed by atoms with Crippen LogP contribution in [0.4, 0.5) is 10.1 Å². The quantitative estimate of drug-likeness (QED) is 0.461. The Bertz CT molecular complexity index is 1370. The molecular formula is C31H27ClFN3O. The number of rotatable bonds is 3. The molecule has 186 valence electrons. The van der Waals surface area contributed by atoms with Gasteiger partial charge in [0.25, 0.3) is 0 Å². The van der Waals surface area contributed by atoms with E-state index >= 15 is 4.79 Å². The summed E-state index contributed by atoms with van der Waals surface area (Å²) in [4.78, 5) is 17.1. The predicted octanol–water partition coefficient (Wildman–Crippen LogP) is 6.67. The van der Waals surface area contributed by atoms with Gasteiger partial charge < -0.3 is 4.90 Å². The van der Waals surface area contributed by atoms with Gasteiger partial charge in [-0.3, -0.25) is 4.79 Å². The van der Waals surface area contributed by atoms with E-state index in [1.54, 1.807) is 18.2 Å². The van der Waals surface area contributed by atoms with Crippen LogP contribution in [0, 0.1) is 57.1 Å². The molecular weight excluding hydrogens is 485 g/mol. The minimum Gasteiger partial charge on any atom is -0.351 e. The molecule has 2 aliphatic heterocycles. The highest BCUT2D eigenvalue weighted by atomic mass is 35.5. The summed E-state index contributed by atoms with van der Waals surface area (Å²) < 4.78 is 14.0. The number of carbonyl (C=O) groups is 1. The summed E-state index contributed by atoms with van der Waals surface area (Å²) >= 11 is 6.32. The Morgan fingerprint density at radius 2 is 1.59 bits per heavy atom. The van der Waals surface area contributed by atoms with Crippen LogP contribution in [0.15, 0.2) is 48.5 Å². The van der Waals surface area contributed by atoms with E-state index in [4.69, 9.17) is 11.6 Å². The Kier molecular flexibility index (Phi) is 4.93. The molecule has 2 aromatic rings. The number of nitriles is 2. The summed E-state index contributed by atoms with van der Waals surface area (Å²) in [5.41, 5.74) is 0.424. The number of carbonyl (C=O) groups excluding carboxylic acids is 1. The molecule has 0 unspecified atom stereocenters. The molecule has 0 aromatic heterocycles. The second-order valence-corrected chi connectivity index (χ2v) is 12.5. The van der Waals surface area contributed by atoms with E-state index in [2.05, 4.69) is 12.1 Å². The van der Waals surface area contributed by atoms with Crippen LogP contribution in [0.2, 0.25) is 5.02 Å². The van der Waals surface area contributed by atoms with E-state index in [1.165, 1.54) is 31.4 Å². The number of hydrogen-bond acceptors (Lipinski definition) is 4. The molecule has 0 radical (unpaired) electrons. The van der Waals surface area contributed by atoms with E-state index in [1.807, 2.05) is 29.2 Å². The summed E-state index contributed by atoms with van der Waals surface area (Å²) in [6.45, 7) is 0. The highest BCUT2D eigenvalue weighted by Gasteiger charge is 2.66. The molecule has 4 nitrogen and oxygen atoms in total. The Hall–Kier alpha value is -3.15. The van der Waals surface area contributed by atoms with Gasteiger partial charge in [0.05, 0.1) is 24.2 Å². The topological polar surface area (TPSA) is 67.9 Å². The SMILES string of the molecule is N#CC1(C#N)[C@H](c2ccc(F)cc2)[C@H](C(=O)C23CC4CC(CC(C4)C2)C3)N2c3ccc(Cl)cc3C=C[C@H]21. The third-order valence-corrected chi connectivity index (χ3v) is 10.3. The Morgan fingerprint density at radius 1 is 0.973 bits per heavy atom. The predicted molar refractivity (Wildman–Crippen MR) is 139 cm³/mol. The summed E-state index contributed by atoms with van der Waals surface area (Å²) in [7, 11) is 0. The van der Waals surface area contributed by atoms with Gasteiger partial charge in [-0.05, 0) is 97.7 Å². The first-order valence-electron chi connectivity index (χ1n) is 13.3. The number of fused-ring (bicyclic) bond motifs is 3. The molecule has 37 heavy (non-hydrogen) atoms. The Labute approximate surface area is 221 Å². The average Bonchev–Trinajstić information content (AvgIpc) is 3.18. The second-order valence-electron chi connectivity index (χ2n) is 12.0. The van der Waals surface area contributed by atoms with Crippen molar-refractivity contribution in [1.29, 1.82) is 10.5 Å². The molecule has 0 amide bonds. The maximum absolute atomic E-state index is 15.0. The first-order valence-corrected chi connectivity index (χ1v) is 13.6. The van der Waals surface area contributed by atoms with Gasteiger partial charge >= 0.3 is 0 Å². The minimum absolute atomic E-state index is 0.162.